The van der Waals surface area contributed by atoms with Crippen molar-refractivity contribution in [3.8, 4) is 45.3 Å². The van der Waals surface area contributed by atoms with Crippen molar-refractivity contribution in [1.29, 1.82) is 0 Å². The number of benzene rings is 8. The van der Waals surface area contributed by atoms with Crippen LogP contribution in [0.25, 0.3) is 82.3 Å². The van der Waals surface area contributed by atoms with Crippen molar-refractivity contribution in [3.63, 3.8) is 0 Å². The minimum atomic E-state index is 0.0515. The van der Waals surface area contributed by atoms with Gasteiger partial charge in [0.25, 0.3) is 6.71 Å². The third-order valence-corrected chi connectivity index (χ3v) is 11.6. The molecule has 0 N–H and O–H groups in total. The van der Waals surface area contributed by atoms with Crippen molar-refractivity contribution in [2.75, 3.05) is 0 Å². The Balaban J connectivity index is 1.03. The SMILES string of the molecule is c1cc(-c2cc3c4c(c2)Oc2ccccc2B4c2ccccc2O3)cc(-c2cccc3oc4c(cc5c6ccccc6n6c7ccccc7c4c56)c23)c1. The number of ether oxygens (including phenoxy) is 2. The van der Waals surface area contributed by atoms with Crippen LogP contribution in [-0.2, 0) is 0 Å². The molecule has 0 saturated heterocycles. The minimum absolute atomic E-state index is 0.0515. The van der Waals surface area contributed by atoms with Crippen LogP contribution in [0, 0.1) is 0 Å². The van der Waals surface area contributed by atoms with Crippen LogP contribution in [0.1, 0.15) is 0 Å². The molecule has 0 fully saturated rings. The molecular formula is C48H26BNO3. The van der Waals surface area contributed by atoms with Crippen molar-refractivity contribution in [3.05, 3.63) is 158 Å². The highest BCUT2D eigenvalue weighted by molar-refractivity contribution is 6.98. The summed E-state index contributed by atoms with van der Waals surface area (Å²) < 4.78 is 22.5. The van der Waals surface area contributed by atoms with Gasteiger partial charge >= 0.3 is 0 Å². The molecule has 0 bridgehead atoms. The normalized spacial score (nSPS) is 13.2. The summed E-state index contributed by atoms with van der Waals surface area (Å²) in [6.45, 7) is 0.0515. The van der Waals surface area contributed by atoms with Gasteiger partial charge in [-0.1, -0.05) is 103 Å². The molecule has 4 nitrogen and oxygen atoms in total. The predicted octanol–water partition coefficient (Wildman–Crippen LogP) is 10.8. The lowest BCUT2D eigenvalue weighted by Crippen LogP contribution is -2.57. The lowest BCUT2D eigenvalue weighted by atomic mass is 9.35. The number of hydrogen-bond acceptors (Lipinski definition) is 3. The van der Waals surface area contributed by atoms with E-state index in [1.165, 1.54) is 38.1 Å². The summed E-state index contributed by atoms with van der Waals surface area (Å²) in [6, 6.07) is 56.1. The molecule has 53 heavy (non-hydrogen) atoms. The van der Waals surface area contributed by atoms with Crippen LogP contribution >= 0.6 is 0 Å². The Bertz CT molecular complexity index is 3300. The molecule has 0 unspecified atom stereocenters. The fraction of sp³-hybridized carbons (Fsp3) is 0. The zero-order valence-electron chi connectivity index (χ0n) is 28.3. The Morgan fingerprint density at radius 3 is 1.85 bits per heavy atom. The third kappa shape index (κ3) is 3.56. The molecule has 0 radical (unpaired) electrons. The summed E-state index contributed by atoms with van der Waals surface area (Å²) in [7, 11) is 0. The van der Waals surface area contributed by atoms with Gasteiger partial charge in [0.2, 0.25) is 0 Å². The van der Waals surface area contributed by atoms with Crippen LogP contribution in [0.3, 0.4) is 0 Å². The first-order chi connectivity index (χ1) is 26.3. The monoisotopic (exact) mass is 675 g/mol. The van der Waals surface area contributed by atoms with E-state index < -0.39 is 0 Å². The Kier molecular flexibility index (Phi) is 5.16. The molecule has 0 atom stereocenters. The standard InChI is InChI=1S/C48H26BNO3/c1-5-18-37-31(13-1)33-26-34-44-30(15-10-22-41(44)53-48(34)45-32-14-2-6-19-38(32)50(37)47(33)45)28-12-9-11-27(23-28)29-24-42-46-43(25-29)52-40-21-8-4-17-36(40)49(46)35-16-3-7-20-39(35)51-42/h1-26H. The molecule has 244 valence electrons. The molecule has 2 aliphatic rings. The molecule has 0 spiro atoms. The number of aromatic nitrogens is 1. The fourth-order valence-corrected chi connectivity index (χ4v) is 9.45. The van der Waals surface area contributed by atoms with Crippen LogP contribution in [0.4, 0.5) is 0 Å². The van der Waals surface area contributed by atoms with Gasteiger partial charge in [-0.2, -0.15) is 0 Å². The van der Waals surface area contributed by atoms with E-state index >= 15 is 0 Å². The van der Waals surface area contributed by atoms with Gasteiger partial charge in [-0.05, 0) is 87.8 Å². The van der Waals surface area contributed by atoms with Gasteiger partial charge in [-0.15, -0.1) is 0 Å². The maximum atomic E-state index is 6.87. The van der Waals surface area contributed by atoms with Crippen LogP contribution in [0.15, 0.2) is 162 Å². The van der Waals surface area contributed by atoms with Gasteiger partial charge in [0, 0.05) is 32.4 Å². The highest BCUT2D eigenvalue weighted by atomic mass is 16.5. The van der Waals surface area contributed by atoms with E-state index in [1.807, 2.05) is 12.1 Å². The molecule has 0 aliphatic carbocycles. The van der Waals surface area contributed by atoms with Gasteiger partial charge in [0.1, 0.15) is 34.2 Å². The number of nitrogens with zero attached hydrogens (tertiary/aromatic N) is 1. The van der Waals surface area contributed by atoms with Crippen LogP contribution in [0.2, 0.25) is 0 Å². The fourth-order valence-electron chi connectivity index (χ4n) is 9.45. The highest BCUT2D eigenvalue weighted by Gasteiger charge is 2.40. The van der Waals surface area contributed by atoms with Gasteiger partial charge < -0.3 is 18.3 Å². The summed E-state index contributed by atoms with van der Waals surface area (Å²) in [6.07, 6.45) is 0. The van der Waals surface area contributed by atoms with E-state index in [9.17, 15) is 0 Å². The number of furan rings is 1. The summed E-state index contributed by atoms with van der Waals surface area (Å²) in [4.78, 5) is 0. The Hall–Kier alpha value is -6.98. The number of rotatable bonds is 2. The van der Waals surface area contributed by atoms with Crippen LogP contribution in [-0.4, -0.2) is 11.1 Å². The lowest BCUT2D eigenvalue weighted by Gasteiger charge is -2.33. The second-order valence-corrected chi connectivity index (χ2v) is 14.4. The lowest BCUT2D eigenvalue weighted by molar-refractivity contribution is 0.465. The second kappa shape index (κ2) is 9.87. The molecule has 0 saturated carbocycles. The third-order valence-electron chi connectivity index (χ3n) is 11.6. The predicted molar refractivity (Wildman–Crippen MR) is 217 cm³/mol. The molecule has 13 rings (SSSR count). The number of para-hydroxylation sites is 4. The first-order valence-corrected chi connectivity index (χ1v) is 18.1. The van der Waals surface area contributed by atoms with E-state index in [4.69, 9.17) is 13.9 Å². The second-order valence-electron chi connectivity index (χ2n) is 14.4. The van der Waals surface area contributed by atoms with Crippen molar-refractivity contribution in [2.45, 2.75) is 0 Å². The van der Waals surface area contributed by atoms with Crippen molar-refractivity contribution >= 4 is 83.1 Å². The molecule has 2 aliphatic heterocycles. The maximum absolute atomic E-state index is 6.87. The molecule has 0 amide bonds. The zero-order chi connectivity index (χ0) is 34.4. The summed E-state index contributed by atoms with van der Waals surface area (Å²) in [5.41, 5.74) is 13.3. The molecule has 11 aromatic rings. The van der Waals surface area contributed by atoms with E-state index in [0.717, 1.165) is 83.6 Å². The Morgan fingerprint density at radius 2 is 1.08 bits per heavy atom. The van der Waals surface area contributed by atoms with E-state index in [1.54, 1.807) is 0 Å². The van der Waals surface area contributed by atoms with Crippen molar-refractivity contribution < 1.29 is 13.9 Å². The van der Waals surface area contributed by atoms with Crippen molar-refractivity contribution in [1.82, 2.24) is 4.40 Å². The van der Waals surface area contributed by atoms with Crippen LogP contribution in [0.5, 0.6) is 23.0 Å². The van der Waals surface area contributed by atoms with Gasteiger partial charge in [0.05, 0.1) is 21.9 Å². The maximum Gasteiger partial charge on any atom is 0.260 e. The van der Waals surface area contributed by atoms with E-state index in [2.05, 4.69) is 150 Å². The molecule has 8 aromatic carbocycles. The zero-order valence-corrected chi connectivity index (χ0v) is 28.3. The number of fused-ring (bicyclic) bond motifs is 14. The topological polar surface area (TPSA) is 36.0 Å². The van der Waals surface area contributed by atoms with Crippen LogP contribution < -0.4 is 25.9 Å². The first kappa shape index (κ1) is 27.7. The Morgan fingerprint density at radius 1 is 0.434 bits per heavy atom. The number of hydrogen-bond donors (Lipinski definition) is 0. The summed E-state index contributed by atoms with van der Waals surface area (Å²) in [5.74, 6) is 3.46. The van der Waals surface area contributed by atoms with Gasteiger partial charge in [0.15, 0.2) is 0 Å². The first-order valence-electron chi connectivity index (χ1n) is 18.1. The molecular weight excluding hydrogens is 649 g/mol. The average molecular weight is 676 g/mol. The van der Waals surface area contributed by atoms with Crippen molar-refractivity contribution in [2.24, 2.45) is 0 Å². The molecule has 5 heterocycles. The summed E-state index contributed by atoms with van der Waals surface area (Å²) >= 11 is 0. The highest BCUT2D eigenvalue weighted by Crippen LogP contribution is 2.47. The average Bonchev–Trinajstić information content (AvgIpc) is 3.87. The van der Waals surface area contributed by atoms with E-state index in [-0.39, 0.29) is 6.71 Å². The molecule has 5 heteroatoms. The Labute approximate surface area is 303 Å². The molecule has 3 aromatic heterocycles. The smallest absolute Gasteiger partial charge is 0.260 e. The summed E-state index contributed by atoms with van der Waals surface area (Å²) in [5, 5.41) is 7.13. The van der Waals surface area contributed by atoms with Gasteiger partial charge in [-0.3, -0.25) is 0 Å². The largest absolute Gasteiger partial charge is 0.458 e. The van der Waals surface area contributed by atoms with E-state index in [0.29, 0.717) is 0 Å². The minimum Gasteiger partial charge on any atom is -0.458 e. The van der Waals surface area contributed by atoms with Gasteiger partial charge in [-0.25, -0.2) is 0 Å². The quantitative estimate of drug-likeness (QED) is 0.171.